The first-order chi connectivity index (χ1) is 11.6. The SMILES string of the molecule is CCNc1cc(-n2c[n+](-c3cccc(C)n3)cn2)cc(C(C)C)n1. The van der Waals surface area contributed by atoms with Crippen LogP contribution in [0.3, 0.4) is 0 Å². The van der Waals surface area contributed by atoms with E-state index in [1.165, 1.54) is 0 Å². The molecule has 0 saturated carbocycles. The number of nitrogens with one attached hydrogen (secondary N) is 1. The van der Waals surface area contributed by atoms with E-state index in [0.717, 1.165) is 35.3 Å². The van der Waals surface area contributed by atoms with Crippen molar-refractivity contribution in [2.24, 2.45) is 0 Å². The van der Waals surface area contributed by atoms with E-state index >= 15 is 0 Å². The third-order valence-corrected chi connectivity index (χ3v) is 3.72. The summed E-state index contributed by atoms with van der Waals surface area (Å²) in [6, 6.07) is 10.0. The van der Waals surface area contributed by atoms with Crippen LogP contribution >= 0.6 is 0 Å². The molecule has 0 saturated heterocycles. The lowest BCUT2D eigenvalue weighted by Crippen LogP contribution is -2.29. The maximum absolute atomic E-state index is 4.65. The second kappa shape index (κ2) is 6.78. The van der Waals surface area contributed by atoms with Gasteiger partial charge in [0.2, 0.25) is 18.5 Å². The minimum atomic E-state index is 0.350. The van der Waals surface area contributed by atoms with E-state index in [1.54, 1.807) is 6.33 Å². The number of anilines is 1. The van der Waals surface area contributed by atoms with E-state index in [4.69, 9.17) is 0 Å². The topological polar surface area (TPSA) is 59.5 Å². The normalized spacial score (nSPS) is 11.0. The Kier molecular flexibility index (Phi) is 4.55. The molecule has 6 nitrogen and oxygen atoms in total. The van der Waals surface area contributed by atoms with Crippen molar-refractivity contribution in [3.8, 4) is 11.5 Å². The van der Waals surface area contributed by atoms with Crippen LogP contribution in [0.4, 0.5) is 5.82 Å². The van der Waals surface area contributed by atoms with Crippen LogP contribution in [0, 0.1) is 6.92 Å². The largest absolute Gasteiger partial charge is 0.370 e. The van der Waals surface area contributed by atoms with Crippen LogP contribution in [-0.2, 0) is 0 Å². The molecule has 24 heavy (non-hydrogen) atoms. The van der Waals surface area contributed by atoms with Crippen molar-refractivity contribution >= 4 is 5.82 Å². The molecule has 1 N–H and O–H groups in total. The molecule has 0 radical (unpaired) electrons. The Morgan fingerprint density at radius 2 is 2.04 bits per heavy atom. The molecule has 3 aromatic heterocycles. The average molecular weight is 323 g/mol. The molecule has 0 fully saturated rings. The minimum Gasteiger partial charge on any atom is -0.370 e. The predicted molar refractivity (Wildman–Crippen MR) is 93.7 cm³/mol. The van der Waals surface area contributed by atoms with Gasteiger partial charge in [-0.2, -0.15) is 4.57 Å². The lowest BCUT2D eigenvalue weighted by atomic mass is 10.1. The van der Waals surface area contributed by atoms with Crippen LogP contribution in [0.25, 0.3) is 11.5 Å². The fourth-order valence-corrected chi connectivity index (χ4v) is 2.45. The second-order valence-corrected chi connectivity index (χ2v) is 6.06. The van der Waals surface area contributed by atoms with Gasteiger partial charge in [0.15, 0.2) is 0 Å². The zero-order chi connectivity index (χ0) is 17.1. The number of aromatic nitrogens is 5. The summed E-state index contributed by atoms with van der Waals surface area (Å²) < 4.78 is 3.76. The van der Waals surface area contributed by atoms with Gasteiger partial charge < -0.3 is 5.32 Å². The average Bonchev–Trinajstić information content (AvgIpc) is 3.05. The van der Waals surface area contributed by atoms with Gasteiger partial charge in [-0.3, -0.25) is 0 Å². The number of nitrogens with zero attached hydrogens (tertiary/aromatic N) is 5. The molecule has 3 aromatic rings. The summed E-state index contributed by atoms with van der Waals surface area (Å²) in [7, 11) is 0. The summed E-state index contributed by atoms with van der Waals surface area (Å²) in [5, 5.41) is 7.77. The number of pyridine rings is 2. The Morgan fingerprint density at radius 3 is 2.75 bits per heavy atom. The molecule has 0 bridgehead atoms. The molecular formula is C18H23N6+. The van der Waals surface area contributed by atoms with Gasteiger partial charge in [0.05, 0.1) is 5.69 Å². The van der Waals surface area contributed by atoms with E-state index in [1.807, 2.05) is 46.8 Å². The summed E-state index contributed by atoms with van der Waals surface area (Å²) in [4.78, 5) is 9.18. The molecule has 124 valence electrons. The van der Waals surface area contributed by atoms with Gasteiger partial charge in [-0.05, 0) is 37.0 Å². The van der Waals surface area contributed by atoms with Crippen molar-refractivity contribution in [2.75, 3.05) is 11.9 Å². The molecule has 0 aromatic carbocycles. The highest BCUT2D eigenvalue weighted by Crippen LogP contribution is 2.19. The Morgan fingerprint density at radius 1 is 1.21 bits per heavy atom. The minimum absolute atomic E-state index is 0.350. The first-order valence-electron chi connectivity index (χ1n) is 8.23. The first-order valence-corrected chi connectivity index (χ1v) is 8.23. The molecule has 3 heterocycles. The maximum atomic E-state index is 4.65. The predicted octanol–water partition coefficient (Wildman–Crippen LogP) is 2.80. The Bertz CT molecular complexity index is 837. The zero-order valence-electron chi connectivity index (χ0n) is 14.6. The number of hydrogen-bond donors (Lipinski definition) is 1. The first kappa shape index (κ1) is 16.1. The van der Waals surface area contributed by atoms with Crippen molar-refractivity contribution in [1.29, 1.82) is 0 Å². The van der Waals surface area contributed by atoms with E-state index in [-0.39, 0.29) is 0 Å². The summed E-state index contributed by atoms with van der Waals surface area (Å²) in [6.07, 6.45) is 3.70. The standard InChI is InChI=1S/C18H23N6/c1-5-19-17-10-15(9-16(22-17)13(2)3)24-12-23(11-20-24)18-8-6-7-14(4)21-18/h6-13H,5H2,1-4H3,(H,19,22)/q+1. The Hall–Kier alpha value is -2.76. The van der Waals surface area contributed by atoms with Crippen LogP contribution in [-0.4, -0.2) is 26.3 Å². The van der Waals surface area contributed by atoms with Gasteiger partial charge in [-0.1, -0.05) is 19.9 Å². The lowest BCUT2D eigenvalue weighted by molar-refractivity contribution is -0.600. The Balaban J connectivity index is 2.00. The van der Waals surface area contributed by atoms with Crippen molar-refractivity contribution in [2.45, 2.75) is 33.6 Å². The van der Waals surface area contributed by atoms with Crippen LogP contribution < -0.4 is 9.88 Å². The van der Waals surface area contributed by atoms with Gasteiger partial charge in [0.1, 0.15) is 11.5 Å². The summed E-state index contributed by atoms with van der Waals surface area (Å²) in [6.45, 7) is 9.16. The monoisotopic (exact) mass is 323 g/mol. The van der Waals surface area contributed by atoms with Crippen LogP contribution in [0.5, 0.6) is 0 Å². The zero-order valence-corrected chi connectivity index (χ0v) is 14.6. The molecule has 0 amide bonds. The van der Waals surface area contributed by atoms with Gasteiger partial charge >= 0.3 is 0 Å². The van der Waals surface area contributed by atoms with Gasteiger partial charge in [0.25, 0.3) is 0 Å². The van der Waals surface area contributed by atoms with E-state index in [9.17, 15) is 0 Å². The number of aryl methyl sites for hydroxylation is 1. The molecule has 0 aliphatic carbocycles. The lowest BCUT2D eigenvalue weighted by Gasteiger charge is -2.09. The third kappa shape index (κ3) is 3.42. The molecular weight excluding hydrogens is 300 g/mol. The maximum Gasteiger partial charge on any atom is 0.237 e. The van der Waals surface area contributed by atoms with Crippen LogP contribution in [0.1, 0.15) is 38.1 Å². The highest BCUT2D eigenvalue weighted by atomic mass is 15.4. The van der Waals surface area contributed by atoms with Gasteiger partial charge in [-0.25, -0.2) is 4.98 Å². The highest BCUT2D eigenvalue weighted by Gasteiger charge is 2.14. The van der Waals surface area contributed by atoms with E-state index in [2.05, 4.69) is 47.2 Å². The van der Waals surface area contributed by atoms with Crippen molar-refractivity contribution in [3.05, 3.63) is 54.4 Å². The fourth-order valence-electron chi connectivity index (χ4n) is 2.45. The highest BCUT2D eigenvalue weighted by molar-refractivity contribution is 5.46. The quantitative estimate of drug-likeness (QED) is 0.734. The van der Waals surface area contributed by atoms with Crippen LogP contribution in [0.2, 0.25) is 0 Å². The van der Waals surface area contributed by atoms with E-state index < -0.39 is 0 Å². The number of hydrogen-bond acceptors (Lipinski definition) is 4. The van der Waals surface area contributed by atoms with Crippen LogP contribution in [0.15, 0.2) is 43.0 Å². The molecule has 0 aliphatic heterocycles. The van der Waals surface area contributed by atoms with Crippen molar-refractivity contribution < 1.29 is 4.57 Å². The summed E-state index contributed by atoms with van der Waals surface area (Å²) in [5.41, 5.74) is 3.00. The molecule has 0 unspecified atom stereocenters. The smallest absolute Gasteiger partial charge is 0.237 e. The summed E-state index contributed by atoms with van der Waals surface area (Å²) in [5.74, 6) is 2.07. The van der Waals surface area contributed by atoms with Crippen molar-refractivity contribution in [3.63, 3.8) is 0 Å². The van der Waals surface area contributed by atoms with Gasteiger partial charge in [-0.15, -0.1) is 9.67 Å². The Labute approximate surface area is 142 Å². The van der Waals surface area contributed by atoms with Crippen molar-refractivity contribution in [1.82, 2.24) is 19.7 Å². The fraction of sp³-hybridized carbons (Fsp3) is 0.333. The second-order valence-electron chi connectivity index (χ2n) is 6.06. The third-order valence-electron chi connectivity index (χ3n) is 3.72. The van der Waals surface area contributed by atoms with E-state index in [0.29, 0.717) is 5.92 Å². The summed E-state index contributed by atoms with van der Waals surface area (Å²) >= 11 is 0. The molecule has 0 atom stereocenters. The van der Waals surface area contributed by atoms with Gasteiger partial charge in [0, 0.05) is 24.4 Å². The molecule has 3 rings (SSSR count). The molecule has 0 aliphatic rings. The number of rotatable bonds is 5. The molecule has 0 spiro atoms. The molecule has 6 heteroatoms.